The quantitative estimate of drug-likeness (QED) is 0.702. The first-order valence-corrected chi connectivity index (χ1v) is 4.19. The molecule has 0 aliphatic rings. The van der Waals surface area contributed by atoms with Crippen LogP contribution in [0.4, 0.5) is 0 Å². The lowest BCUT2D eigenvalue weighted by Gasteiger charge is -2.13. The zero-order valence-corrected chi connectivity index (χ0v) is 7.90. The molecule has 0 spiro atoms. The van der Waals surface area contributed by atoms with Crippen molar-refractivity contribution in [3.8, 4) is 0 Å². The van der Waals surface area contributed by atoms with Gasteiger partial charge in [0.05, 0.1) is 6.61 Å². The SMILES string of the molecule is C=CCOC(C)n1ccc(=O)[nH]c1=O. The van der Waals surface area contributed by atoms with Crippen LogP contribution in [0.1, 0.15) is 13.2 Å². The Morgan fingerprint density at radius 1 is 1.71 bits per heavy atom. The first-order chi connectivity index (χ1) is 6.65. The maximum Gasteiger partial charge on any atom is 0.330 e. The van der Waals surface area contributed by atoms with Crippen LogP contribution in [0.3, 0.4) is 0 Å². The standard InChI is InChI=1S/C9H12N2O3/c1-3-6-14-7(2)11-5-4-8(12)10-9(11)13/h3-5,7H,1,6H2,2H3,(H,10,12,13). The van der Waals surface area contributed by atoms with Crippen molar-refractivity contribution in [3.05, 3.63) is 45.8 Å². The number of nitrogens with one attached hydrogen (secondary N) is 1. The number of hydrogen-bond donors (Lipinski definition) is 1. The smallest absolute Gasteiger partial charge is 0.330 e. The van der Waals surface area contributed by atoms with E-state index in [9.17, 15) is 9.59 Å². The Labute approximate surface area is 80.7 Å². The molecule has 1 heterocycles. The van der Waals surface area contributed by atoms with Crippen molar-refractivity contribution in [2.24, 2.45) is 0 Å². The highest BCUT2D eigenvalue weighted by atomic mass is 16.5. The molecule has 1 atom stereocenters. The van der Waals surface area contributed by atoms with Crippen molar-refractivity contribution in [2.45, 2.75) is 13.2 Å². The van der Waals surface area contributed by atoms with Gasteiger partial charge < -0.3 is 4.74 Å². The lowest BCUT2D eigenvalue weighted by Crippen LogP contribution is -2.31. The molecule has 0 aliphatic heterocycles. The third-order valence-electron chi connectivity index (χ3n) is 1.70. The first kappa shape index (κ1) is 10.5. The molecule has 0 saturated carbocycles. The zero-order chi connectivity index (χ0) is 10.6. The molecule has 1 unspecified atom stereocenters. The molecule has 0 aliphatic carbocycles. The monoisotopic (exact) mass is 196 g/mol. The average molecular weight is 196 g/mol. The fourth-order valence-corrected chi connectivity index (χ4v) is 1.00. The van der Waals surface area contributed by atoms with E-state index in [1.165, 1.54) is 16.8 Å². The van der Waals surface area contributed by atoms with E-state index in [2.05, 4.69) is 11.6 Å². The largest absolute Gasteiger partial charge is 0.354 e. The first-order valence-electron chi connectivity index (χ1n) is 4.19. The highest BCUT2D eigenvalue weighted by molar-refractivity contribution is 4.83. The highest BCUT2D eigenvalue weighted by Gasteiger charge is 2.05. The van der Waals surface area contributed by atoms with E-state index in [1.807, 2.05) is 0 Å². The van der Waals surface area contributed by atoms with Crippen LogP contribution in [0, 0.1) is 0 Å². The van der Waals surface area contributed by atoms with Gasteiger partial charge in [-0.3, -0.25) is 14.3 Å². The van der Waals surface area contributed by atoms with E-state index >= 15 is 0 Å². The average Bonchev–Trinajstić information content (AvgIpc) is 2.14. The summed E-state index contributed by atoms with van der Waals surface area (Å²) >= 11 is 0. The summed E-state index contributed by atoms with van der Waals surface area (Å²) in [6.07, 6.45) is 2.57. The van der Waals surface area contributed by atoms with Crippen LogP contribution in [0.5, 0.6) is 0 Å². The minimum atomic E-state index is -0.478. The van der Waals surface area contributed by atoms with Crippen molar-refractivity contribution in [2.75, 3.05) is 6.61 Å². The van der Waals surface area contributed by atoms with Crippen LogP contribution >= 0.6 is 0 Å². The van der Waals surface area contributed by atoms with Gasteiger partial charge in [0.1, 0.15) is 6.23 Å². The number of aromatic nitrogens is 2. The second-order valence-corrected chi connectivity index (χ2v) is 2.74. The number of H-pyrrole nitrogens is 1. The van der Waals surface area contributed by atoms with Gasteiger partial charge in [-0.15, -0.1) is 6.58 Å². The predicted octanol–water partition coefficient (Wildman–Crippen LogP) is 0.258. The van der Waals surface area contributed by atoms with Gasteiger partial charge in [-0.25, -0.2) is 4.79 Å². The van der Waals surface area contributed by atoms with Gasteiger partial charge in [0, 0.05) is 12.3 Å². The molecule has 0 fully saturated rings. The number of ether oxygens (including phenoxy) is 1. The molecule has 76 valence electrons. The molecule has 0 radical (unpaired) electrons. The predicted molar refractivity (Wildman–Crippen MR) is 52.2 cm³/mol. The molecule has 0 aromatic carbocycles. The molecule has 14 heavy (non-hydrogen) atoms. The van der Waals surface area contributed by atoms with E-state index in [0.717, 1.165) is 0 Å². The van der Waals surface area contributed by atoms with Crippen LogP contribution in [0.15, 0.2) is 34.5 Å². The Morgan fingerprint density at radius 3 is 3.00 bits per heavy atom. The van der Waals surface area contributed by atoms with Crippen LogP contribution in [0.2, 0.25) is 0 Å². The lowest BCUT2D eigenvalue weighted by molar-refractivity contribution is 0.0312. The summed E-state index contributed by atoms with van der Waals surface area (Å²) in [4.78, 5) is 24.1. The second kappa shape index (κ2) is 4.57. The molecule has 1 N–H and O–H groups in total. The summed E-state index contributed by atoms with van der Waals surface area (Å²) in [6.45, 7) is 5.56. The Kier molecular flexibility index (Phi) is 3.41. The maximum atomic E-state index is 11.2. The molecule has 1 aromatic rings. The topological polar surface area (TPSA) is 64.1 Å². The van der Waals surface area contributed by atoms with Gasteiger partial charge in [0.2, 0.25) is 0 Å². The Balaban J connectivity index is 2.90. The van der Waals surface area contributed by atoms with E-state index in [4.69, 9.17) is 4.74 Å². The molecule has 5 nitrogen and oxygen atoms in total. The normalized spacial score (nSPS) is 12.4. The van der Waals surface area contributed by atoms with Crippen molar-refractivity contribution >= 4 is 0 Å². The van der Waals surface area contributed by atoms with Crippen LogP contribution < -0.4 is 11.2 Å². The van der Waals surface area contributed by atoms with E-state index in [-0.39, 0.29) is 0 Å². The van der Waals surface area contributed by atoms with Crippen molar-refractivity contribution in [1.82, 2.24) is 9.55 Å². The minimum Gasteiger partial charge on any atom is -0.354 e. The number of nitrogens with zero attached hydrogens (tertiary/aromatic N) is 1. The van der Waals surface area contributed by atoms with E-state index in [1.54, 1.807) is 13.0 Å². The van der Waals surface area contributed by atoms with Crippen molar-refractivity contribution in [3.63, 3.8) is 0 Å². The summed E-state index contributed by atoms with van der Waals surface area (Å²) in [6, 6.07) is 1.27. The third-order valence-corrected chi connectivity index (χ3v) is 1.70. The second-order valence-electron chi connectivity index (χ2n) is 2.74. The fourth-order valence-electron chi connectivity index (χ4n) is 1.00. The van der Waals surface area contributed by atoms with Gasteiger partial charge in [0.25, 0.3) is 5.56 Å². The zero-order valence-electron chi connectivity index (χ0n) is 7.90. The van der Waals surface area contributed by atoms with Crippen LogP contribution in [0.25, 0.3) is 0 Å². The van der Waals surface area contributed by atoms with Gasteiger partial charge >= 0.3 is 5.69 Å². The summed E-state index contributed by atoms with van der Waals surface area (Å²) in [5.41, 5.74) is -0.892. The van der Waals surface area contributed by atoms with Gasteiger partial charge in [0.15, 0.2) is 0 Å². The highest BCUT2D eigenvalue weighted by Crippen LogP contribution is 2.01. The third kappa shape index (κ3) is 2.43. The molecule has 1 aromatic heterocycles. The summed E-state index contributed by atoms with van der Waals surface area (Å²) < 4.78 is 6.52. The molecule has 0 bridgehead atoms. The maximum absolute atomic E-state index is 11.2. The van der Waals surface area contributed by atoms with Crippen molar-refractivity contribution < 1.29 is 4.74 Å². The molecular weight excluding hydrogens is 184 g/mol. The number of aromatic amines is 1. The van der Waals surface area contributed by atoms with Crippen LogP contribution in [-0.2, 0) is 4.74 Å². The molecule has 1 rings (SSSR count). The van der Waals surface area contributed by atoms with Gasteiger partial charge in [-0.2, -0.15) is 0 Å². The number of hydrogen-bond acceptors (Lipinski definition) is 3. The van der Waals surface area contributed by atoms with Crippen molar-refractivity contribution in [1.29, 1.82) is 0 Å². The summed E-state index contributed by atoms with van der Waals surface area (Å²) in [7, 11) is 0. The summed E-state index contributed by atoms with van der Waals surface area (Å²) in [5.74, 6) is 0. The van der Waals surface area contributed by atoms with E-state index < -0.39 is 17.5 Å². The summed E-state index contributed by atoms with van der Waals surface area (Å²) in [5, 5.41) is 0. The van der Waals surface area contributed by atoms with E-state index in [0.29, 0.717) is 6.61 Å². The fraction of sp³-hybridized carbons (Fsp3) is 0.333. The molecule has 5 heteroatoms. The minimum absolute atomic E-state index is 0.354. The molecule has 0 saturated heterocycles. The molecular formula is C9H12N2O3. The lowest BCUT2D eigenvalue weighted by atomic mass is 10.5. The Morgan fingerprint density at radius 2 is 2.43 bits per heavy atom. The molecule has 0 amide bonds. The number of rotatable bonds is 4. The van der Waals surface area contributed by atoms with Gasteiger partial charge in [-0.05, 0) is 6.92 Å². The Bertz CT molecular complexity index is 419. The van der Waals surface area contributed by atoms with Gasteiger partial charge in [-0.1, -0.05) is 6.08 Å². The van der Waals surface area contributed by atoms with Crippen LogP contribution in [-0.4, -0.2) is 16.2 Å². The Hall–Kier alpha value is -1.62.